The molecule has 1 amide bonds. The Hall–Kier alpha value is -1.46. The fourth-order valence-electron chi connectivity index (χ4n) is 2.13. The molecular formula is C14H19ClN2O3. The van der Waals surface area contributed by atoms with Crippen LogP contribution in [-0.4, -0.2) is 50.4 Å². The highest BCUT2D eigenvalue weighted by Crippen LogP contribution is 2.16. The third-order valence-electron chi connectivity index (χ3n) is 3.20. The minimum absolute atomic E-state index is 0.0227. The molecule has 110 valence electrons. The van der Waals surface area contributed by atoms with Crippen LogP contribution < -0.4 is 10.1 Å². The van der Waals surface area contributed by atoms with Gasteiger partial charge in [-0.2, -0.15) is 0 Å². The van der Waals surface area contributed by atoms with E-state index in [1.54, 1.807) is 19.2 Å². The number of nitrogens with one attached hydrogen (secondary N) is 1. The largest absolute Gasteiger partial charge is 0.492 e. The van der Waals surface area contributed by atoms with Gasteiger partial charge in [0.2, 0.25) is 0 Å². The summed E-state index contributed by atoms with van der Waals surface area (Å²) >= 11 is 5.81. The minimum atomic E-state index is -0.366. The van der Waals surface area contributed by atoms with Gasteiger partial charge in [0.15, 0.2) is 0 Å². The molecule has 1 fully saturated rings. The molecule has 1 atom stereocenters. The quantitative estimate of drug-likeness (QED) is 0.905. The summed E-state index contributed by atoms with van der Waals surface area (Å²) in [5.41, 5.74) is 0. The second kappa shape index (κ2) is 7.36. The Kier molecular flexibility index (Phi) is 5.49. The first-order valence-corrected chi connectivity index (χ1v) is 7.04. The molecule has 1 heterocycles. The van der Waals surface area contributed by atoms with E-state index in [0.717, 1.165) is 31.8 Å². The highest BCUT2D eigenvalue weighted by atomic mass is 35.5. The second-order valence-electron chi connectivity index (χ2n) is 4.67. The highest BCUT2D eigenvalue weighted by molar-refractivity contribution is 6.30. The minimum Gasteiger partial charge on any atom is -0.492 e. The Morgan fingerprint density at radius 1 is 1.45 bits per heavy atom. The van der Waals surface area contributed by atoms with E-state index in [1.165, 1.54) is 0 Å². The maximum Gasteiger partial charge on any atom is 0.407 e. The van der Waals surface area contributed by atoms with Gasteiger partial charge in [0.25, 0.3) is 0 Å². The smallest absolute Gasteiger partial charge is 0.407 e. The summed E-state index contributed by atoms with van der Waals surface area (Å²) in [7, 11) is 1.56. The van der Waals surface area contributed by atoms with Crippen LogP contribution in [0.15, 0.2) is 24.3 Å². The normalized spacial score (nSPS) is 18.8. The Labute approximate surface area is 123 Å². The zero-order valence-corrected chi connectivity index (χ0v) is 12.2. The summed E-state index contributed by atoms with van der Waals surface area (Å²) in [5.74, 6) is 0.812. The summed E-state index contributed by atoms with van der Waals surface area (Å²) in [6, 6.07) is 7.31. The Bertz CT molecular complexity index is 439. The van der Waals surface area contributed by atoms with E-state index in [1.807, 2.05) is 12.1 Å². The van der Waals surface area contributed by atoms with Crippen LogP contribution in [0.1, 0.15) is 6.42 Å². The van der Waals surface area contributed by atoms with Gasteiger partial charge in [-0.25, -0.2) is 4.79 Å². The Balaban J connectivity index is 1.65. The maximum atomic E-state index is 11.1. The van der Waals surface area contributed by atoms with E-state index in [2.05, 4.69) is 10.2 Å². The summed E-state index contributed by atoms with van der Waals surface area (Å²) in [4.78, 5) is 13.3. The molecule has 1 unspecified atom stereocenters. The van der Waals surface area contributed by atoms with Crippen LogP contribution in [0, 0.1) is 0 Å². The molecule has 1 saturated heterocycles. The van der Waals surface area contributed by atoms with Gasteiger partial charge in [0.05, 0.1) is 0 Å². The number of benzene rings is 1. The number of rotatable bonds is 5. The molecular weight excluding hydrogens is 280 g/mol. The van der Waals surface area contributed by atoms with Crippen molar-refractivity contribution >= 4 is 17.7 Å². The fourth-order valence-corrected chi connectivity index (χ4v) is 2.26. The number of hydrogen-bond donors (Lipinski definition) is 1. The van der Waals surface area contributed by atoms with Gasteiger partial charge in [0.1, 0.15) is 18.5 Å². The van der Waals surface area contributed by atoms with E-state index in [-0.39, 0.29) is 12.2 Å². The van der Waals surface area contributed by atoms with Crippen LogP contribution in [0.25, 0.3) is 0 Å². The highest BCUT2D eigenvalue weighted by Gasteiger charge is 2.24. The lowest BCUT2D eigenvalue weighted by molar-refractivity contribution is 0.101. The van der Waals surface area contributed by atoms with Crippen molar-refractivity contribution in [3.8, 4) is 5.75 Å². The molecule has 1 aliphatic heterocycles. The number of amides is 1. The van der Waals surface area contributed by atoms with Crippen LogP contribution in [-0.2, 0) is 4.74 Å². The van der Waals surface area contributed by atoms with Gasteiger partial charge >= 0.3 is 6.09 Å². The van der Waals surface area contributed by atoms with Crippen molar-refractivity contribution in [3.05, 3.63) is 29.3 Å². The molecule has 0 aliphatic carbocycles. The molecule has 1 aromatic carbocycles. The van der Waals surface area contributed by atoms with E-state index < -0.39 is 0 Å². The summed E-state index contributed by atoms with van der Waals surface area (Å²) in [6.07, 6.45) is 0.480. The zero-order valence-electron chi connectivity index (χ0n) is 11.5. The molecule has 2 rings (SSSR count). The Morgan fingerprint density at radius 3 is 2.90 bits per heavy atom. The first-order valence-electron chi connectivity index (χ1n) is 6.66. The zero-order chi connectivity index (χ0) is 14.4. The van der Waals surface area contributed by atoms with Crippen molar-refractivity contribution in [1.29, 1.82) is 0 Å². The molecule has 1 aliphatic rings. The molecule has 5 nitrogen and oxygen atoms in total. The molecule has 6 heteroatoms. The number of halogens is 1. The average molecular weight is 299 g/mol. The molecule has 0 spiro atoms. The van der Waals surface area contributed by atoms with Crippen LogP contribution in [0.5, 0.6) is 5.75 Å². The van der Waals surface area contributed by atoms with E-state index in [4.69, 9.17) is 21.1 Å². The van der Waals surface area contributed by atoms with Crippen molar-refractivity contribution in [2.24, 2.45) is 0 Å². The average Bonchev–Trinajstić information content (AvgIpc) is 2.88. The first-order chi connectivity index (χ1) is 9.67. The van der Waals surface area contributed by atoms with Gasteiger partial charge < -0.3 is 14.8 Å². The van der Waals surface area contributed by atoms with Crippen molar-refractivity contribution in [3.63, 3.8) is 0 Å². The third kappa shape index (κ3) is 4.58. The van der Waals surface area contributed by atoms with Crippen LogP contribution >= 0.6 is 11.6 Å². The standard InChI is InChI=1S/C14H19ClN2O3/c1-16-14(18)20-13-6-7-17(10-13)8-9-19-12-4-2-11(15)3-5-12/h2-5,13H,6-10H2,1H3,(H,16,18). The lowest BCUT2D eigenvalue weighted by atomic mass is 10.3. The van der Waals surface area contributed by atoms with E-state index in [9.17, 15) is 4.79 Å². The van der Waals surface area contributed by atoms with Gasteiger partial charge in [-0.1, -0.05) is 11.6 Å². The summed E-state index contributed by atoms with van der Waals surface area (Å²) < 4.78 is 10.9. The Morgan fingerprint density at radius 2 is 2.20 bits per heavy atom. The predicted octanol–water partition coefficient (Wildman–Crippen LogP) is 2.15. The van der Waals surface area contributed by atoms with Crippen molar-refractivity contribution in [1.82, 2.24) is 10.2 Å². The predicted molar refractivity (Wildman–Crippen MR) is 77.3 cm³/mol. The fraction of sp³-hybridized carbons (Fsp3) is 0.500. The number of ether oxygens (including phenoxy) is 2. The number of nitrogens with zero attached hydrogens (tertiary/aromatic N) is 1. The molecule has 0 radical (unpaired) electrons. The lowest BCUT2D eigenvalue weighted by Gasteiger charge is -2.16. The molecule has 1 aromatic rings. The second-order valence-corrected chi connectivity index (χ2v) is 5.11. The monoisotopic (exact) mass is 298 g/mol. The van der Waals surface area contributed by atoms with Crippen molar-refractivity contribution in [2.75, 3.05) is 33.3 Å². The number of likely N-dealkylation sites (tertiary alicyclic amines) is 1. The summed E-state index contributed by atoms with van der Waals surface area (Å²) in [6.45, 7) is 3.10. The molecule has 1 N–H and O–H groups in total. The van der Waals surface area contributed by atoms with E-state index in [0.29, 0.717) is 11.6 Å². The number of hydrogen-bond acceptors (Lipinski definition) is 4. The number of carbonyl (C=O) groups excluding carboxylic acids is 1. The topological polar surface area (TPSA) is 50.8 Å². The van der Waals surface area contributed by atoms with Crippen LogP contribution in [0.2, 0.25) is 5.02 Å². The molecule has 20 heavy (non-hydrogen) atoms. The van der Waals surface area contributed by atoms with Gasteiger partial charge in [-0.15, -0.1) is 0 Å². The molecule has 0 aromatic heterocycles. The molecule has 0 bridgehead atoms. The lowest BCUT2D eigenvalue weighted by Crippen LogP contribution is -2.30. The van der Waals surface area contributed by atoms with Gasteiger partial charge in [-0.3, -0.25) is 4.90 Å². The maximum absolute atomic E-state index is 11.1. The van der Waals surface area contributed by atoms with Crippen LogP contribution in [0.4, 0.5) is 4.79 Å². The van der Waals surface area contributed by atoms with Crippen molar-refractivity contribution in [2.45, 2.75) is 12.5 Å². The van der Waals surface area contributed by atoms with Crippen LogP contribution in [0.3, 0.4) is 0 Å². The third-order valence-corrected chi connectivity index (χ3v) is 3.45. The number of alkyl carbamates (subject to hydrolysis) is 1. The van der Waals surface area contributed by atoms with E-state index >= 15 is 0 Å². The first kappa shape index (κ1) is 14.9. The van der Waals surface area contributed by atoms with Gasteiger partial charge in [0, 0.05) is 31.7 Å². The van der Waals surface area contributed by atoms with Crippen molar-refractivity contribution < 1.29 is 14.3 Å². The number of carbonyl (C=O) groups is 1. The SMILES string of the molecule is CNC(=O)OC1CCN(CCOc2ccc(Cl)cc2)C1. The summed E-state index contributed by atoms with van der Waals surface area (Å²) in [5, 5.41) is 3.16. The molecule has 0 saturated carbocycles. The van der Waals surface area contributed by atoms with Gasteiger partial charge in [-0.05, 0) is 30.7 Å².